The van der Waals surface area contributed by atoms with Crippen molar-refractivity contribution in [3.8, 4) is 0 Å². The van der Waals surface area contributed by atoms with E-state index in [-0.39, 0.29) is 17.6 Å². The smallest absolute Gasteiger partial charge is 0.223 e. The lowest BCUT2D eigenvalue weighted by Crippen LogP contribution is -2.44. The highest BCUT2D eigenvalue weighted by atomic mass is 35.5. The van der Waals surface area contributed by atoms with Crippen molar-refractivity contribution in [2.24, 2.45) is 0 Å². The normalized spacial score (nSPS) is 34.6. The van der Waals surface area contributed by atoms with Gasteiger partial charge >= 0.3 is 0 Å². The summed E-state index contributed by atoms with van der Waals surface area (Å²) in [5.74, 6) is 0.460. The van der Waals surface area contributed by atoms with Crippen molar-refractivity contribution in [2.75, 3.05) is 25.6 Å². The topological polar surface area (TPSA) is 49.8 Å². The quantitative estimate of drug-likeness (QED) is 0.733. The second kappa shape index (κ2) is 4.90. The van der Waals surface area contributed by atoms with Crippen LogP contribution >= 0.6 is 11.6 Å². The van der Waals surface area contributed by atoms with Crippen molar-refractivity contribution < 1.29 is 14.6 Å². The molecule has 0 aliphatic carbocycles. The van der Waals surface area contributed by atoms with E-state index in [9.17, 15) is 9.90 Å². The van der Waals surface area contributed by atoms with Gasteiger partial charge in [-0.15, -0.1) is 11.6 Å². The van der Waals surface area contributed by atoms with E-state index in [2.05, 4.69) is 0 Å². The molecule has 92 valence electrons. The van der Waals surface area contributed by atoms with Gasteiger partial charge in [-0.3, -0.25) is 4.79 Å². The van der Waals surface area contributed by atoms with Crippen LogP contribution in [0.3, 0.4) is 0 Å². The predicted molar refractivity (Wildman–Crippen MR) is 60.5 cm³/mol. The van der Waals surface area contributed by atoms with Crippen LogP contribution in [-0.4, -0.2) is 53.2 Å². The number of halogens is 1. The molecule has 4 nitrogen and oxygen atoms in total. The Hall–Kier alpha value is -0.320. The maximum atomic E-state index is 11.7. The van der Waals surface area contributed by atoms with E-state index in [1.165, 1.54) is 0 Å². The zero-order valence-corrected chi connectivity index (χ0v) is 10.1. The van der Waals surface area contributed by atoms with Crippen LogP contribution in [0, 0.1) is 0 Å². The third-order valence-electron chi connectivity index (χ3n) is 3.44. The van der Waals surface area contributed by atoms with Crippen LogP contribution < -0.4 is 0 Å². The molecule has 2 heterocycles. The predicted octanol–water partition coefficient (Wildman–Crippen LogP) is 0.758. The molecule has 0 aromatic heterocycles. The summed E-state index contributed by atoms with van der Waals surface area (Å²) in [5.41, 5.74) is -0.292. The number of carbonyl (C=O) groups is 1. The molecule has 0 saturated carbocycles. The lowest BCUT2D eigenvalue weighted by molar-refractivity contribution is -0.135. The number of alkyl halides is 1. The van der Waals surface area contributed by atoms with Crippen LogP contribution in [0.2, 0.25) is 0 Å². The Bertz CT molecular complexity index is 274. The SMILES string of the molecule is O=C(CCCl)N1CC[C@]2(C[C@@H](O)CCO2)C1. The fourth-order valence-electron chi connectivity index (χ4n) is 2.58. The maximum absolute atomic E-state index is 11.7. The zero-order valence-electron chi connectivity index (χ0n) is 9.32. The number of hydrogen-bond donors (Lipinski definition) is 1. The minimum atomic E-state index is -0.292. The second-order valence-electron chi connectivity index (χ2n) is 4.68. The number of hydrogen-bond acceptors (Lipinski definition) is 3. The molecule has 1 amide bonds. The molecule has 0 bridgehead atoms. The fraction of sp³-hybridized carbons (Fsp3) is 0.909. The van der Waals surface area contributed by atoms with Crippen molar-refractivity contribution in [2.45, 2.75) is 37.4 Å². The average molecular weight is 248 g/mol. The molecule has 1 spiro atoms. The van der Waals surface area contributed by atoms with Gasteiger partial charge in [0.1, 0.15) is 0 Å². The molecule has 2 saturated heterocycles. The van der Waals surface area contributed by atoms with Gasteiger partial charge in [-0.25, -0.2) is 0 Å². The van der Waals surface area contributed by atoms with Gasteiger partial charge < -0.3 is 14.7 Å². The Balaban J connectivity index is 1.93. The van der Waals surface area contributed by atoms with Crippen LogP contribution in [0.5, 0.6) is 0 Å². The Morgan fingerprint density at radius 3 is 3.12 bits per heavy atom. The molecular weight excluding hydrogens is 230 g/mol. The lowest BCUT2D eigenvalue weighted by atomic mass is 9.91. The summed E-state index contributed by atoms with van der Waals surface area (Å²) in [4.78, 5) is 13.5. The van der Waals surface area contributed by atoms with Crippen LogP contribution in [0.4, 0.5) is 0 Å². The molecule has 5 heteroatoms. The summed E-state index contributed by atoms with van der Waals surface area (Å²) in [6, 6.07) is 0. The monoisotopic (exact) mass is 247 g/mol. The van der Waals surface area contributed by atoms with E-state index in [0.29, 0.717) is 38.3 Å². The zero-order chi connectivity index (χ0) is 11.6. The van der Waals surface area contributed by atoms with Gasteiger partial charge in [-0.2, -0.15) is 0 Å². The van der Waals surface area contributed by atoms with E-state index in [1.54, 1.807) is 4.90 Å². The summed E-state index contributed by atoms with van der Waals surface area (Å²) < 4.78 is 5.77. The van der Waals surface area contributed by atoms with E-state index < -0.39 is 0 Å². The third-order valence-corrected chi connectivity index (χ3v) is 3.63. The maximum Gasteiger partial charge on any atom is 0.223 e. The van der Waals surface area contributed by atoms with Gasteiger partial charge in [-0.05, 0) is 12.8 Å². The number of rotatable bonds is 2. The first-order valence-electron chi connectivity index (χ1n) is 5.81. The molecule has 2 aliphatic heterocycles. The standard InChI is InChI=1S/C11H18ClNO3/c12-4-1-10(15)13-5-3-11(8-13)7-9(14)2-6-16-11/h9,14H,1-8H2/t9-,11-/m0/s1. The van der Waals surface area contributed by atoms with E-state index >= 15 is 0 Å². The summed E-state index contributed by atoms with van der Waals surface area (Å²) in [6.45, 7) is 1.93. The molecule has 2 fully saturated rings. The van der Waals surface area contributed by atoms with Crippen molar-refractivity contribution >= 4 is 17.5 Å². The first-order valence-corrected chi connectivity index (χ1v) is 6.34. The molecule has 2 atom stereocenters. The Labute approximate surface area is 101 Å². The highest BCUT2D eigenvalue weighted by molar-refractivity contribution is 6.18. The van der Waals surface area contributed by atoms with Crippen LogP contribution in [0.1, 0.15) is 25.7 Å². The molecule has 2 rings (SSSR count). The largest absolute Gasteiger partial charge is 0.393 e. The van der Waals surface area contributed by atoms with Gasteiger partial charge in [-0.1, -0.05) is 0 Å². The van der Waals surface area contributed by atoms with Crippen molar-refractivity contribution in [3.05, 3.63) is 0 Å². The minimum Gasteiger partial charge on any atom is -0.393 e. The molecule has 0 radical (unpaired) electrons. The summed E-state index contributed by atoms with van der Waals surface area (Å²) in [5, 5.41) is 9.66. The number of nitrogens with zero attached hydrogens (tertiary/aromatic N) is 1. The van der Waals surface area contributed by atoms with Gasteiger partial charge in [0.05, 0.1) is 11.7 Å². The molecule has 16 heavy (non-hydrogen) atoms. The average Bonchev–Trinajstić information content (AvgIpc) is 2.62. The summed E-state index contributed by atoms with van der Waals surface area (Å²) in [7, 11) is 0. The number of likely N-dealkylation sites (tertiary alicyclic amines) is 1. The first-order chi connectivity index (χ1) is 7.65. The van der Waals surface area contributed by atoms with Gasteiger partial charge in [0.25, 0.3) is 0 Å². The van der Waals surface area contributed by atoms with Gasteiger partial charge in [0.2, 0.25) is 5.91 Å². The Kier molecular flexibility index (Phi) is 3.72. The molecule has 1 N–H and O–H groups in total. The third kappa shape index (κ3) is 2.50. The lowest BCUT2D eigenvalue weighted by Gasteiger charge is -2.36. The van der Waals surface area contributed by atoms with Crippen molar-refractivity contribution in [3.63, 3.8) is 0 Å². The molecule has 0 aromatic carbocycles. The number of carbonyl (C=O) groups excluding carboxylic acids is 1. The fourth-order valence-corrected chi connectivity index (χ4v) is 2.74. The second-order valence-corrected chi connectivity index (χ2v) is 5.06. The van der Waals surface area contributed by atoms with E-state index in [0.717, 1.165) is 13.0 Å². The van der Waals surface area contributed by atoms with E-state index in [4.69, 9.17) is 16.3 Å². The highest BCUT2D eigenvalue weighted by Gasteiger charge is 2.43. The number of aliphatic hydroxyl groups is 1. The van der Waals surface area contributed by atoms with E-state index in [1.807, 2.05) is 0 Å². The molecule has 2 aliphatic rings. The minimum absolute atomic E-state index is 0.0931. The van der Waals surface area contributed by atoms with Crippen LogP contribution in [-0.2, 0) is 9.53 Å². The Morgan fingerprint density at radius 1 is 1.62 bits per heavy atom. The molecule has 0 unspecified atom stereocenters. The molecule has 0 aromatic rings. The molecular formula is C11H18ClNO3. The van der Waals surface area contributed by atoms with Crippen LogP contribution in [0.25, 0.3) is 0 Å². The van der Waals surface area contributed by atoms with Crippen molar-refractivity contribution in [1.82, 2.24) is 4.90 Å². The number of ether oxygens (including phenoxy) is 1. The summed E-state index contributed by atoms with van der Waals surface area (Å²) in [6.07, 6.45) is 2.30. The number of aliphatic hydroxyl groups excluding tert-OH is 1. The summed E-state index contributed by atoms with van der Waals surface area (Å²) >= 11 is 5.56. The van der Waals surface area contributed by atoms with Crippen LogP contribution in [0.15, 0.2) is 0 Å². The first kappa shape index (κ1) is 12.1. The van der Waals surface area contributed by atoms with Gasteiger partial charge in [0, 0.05) is 38.4 Å². The number of amides is 1. The Morgan fingerprint density at radius 2 is 2.44 bits per heavy atom. The van der Waals surface area contributed by atoms with Gasteiger partial charge in [0.15, 0.2) is 0 Å². The highest BCUT2D eigenvalue weighted by Crippen LogP contribution is 2.34. The van der Waals surface area contributed by atoms with Crippen molar-refractivity contribution in [1.29, 1.82) is 0 Å².